The van der Waals surface area contributed by atoms with Crippen LogP contribution in [0.4, 0.5) is 0 Å². The summed E-state index contributed by atoms with van der Waals surface area (Å²) in [6.07, 6.45) is 3.55. The first kappa shape index (κ1) is 16.0. The summed E-state index contributed by atoms with van der Waals surface area (Å²) in [4.78, 5) is 4.40. The summed E-state index contributed by atoms with van der Waals surface area (Å²) in [6, 6.07) is 10.2. The van der Waals surface area contributed by atoms with Crippen LogP contribution in [-0.2, 0) is 6.54 Å². The third kappa shape index (κ3) is 3.83. The molecule has 21 heavy (non-hydrogen) atoms. The van der Waals surface area contributed by atoms with E-state index in [-0.39, 0.29) is 24.4 Å². The Hall–Kier alpha value is -1.40. The van der Waals surface area contributed by atoms with Gasteiger partial charge in [0, 0.05) is 43.6 Å². The van der Waals surface area contributed by atoms with Crippen molar-refractivity contribution in [3.8, 4) is 5.69 Å². The van der Waals surface area contributed by atoms with Crippen molar-refractivity contribution in [2.24, 2.45) is 5.92 Å². The van der Waals surface area contributed by atoms with Crippen molar-refractivity contribution in [3.63, 3.8) is 0 Å². The first-order chi connectivity index (χ1) is 9.84. The summed E-state index contributed by atoms with van der Waals surface area (Å²) in [5.74, 6) is 1.27. The third-order valence-corrected chi connectivity index (χ3v) is 3.75. The van der Waals surface area contributed by atoms with Gasteiger partial charge in [-0.05, 0) is 12.1 Å². The second-order valence-corrected chi connectivity index (χ2v) is 5.17. The summed E-state index contributed by atoms with van der Waals surface area (Å²) in [6.45, 7) is 3.08. The molecule has 2 aromatic rings. The van der Waals surface area contributed by atoms with Crippen LogP contribution in [0.2, 0.25) is 0 Å². The number of aliphatic hydroxyl groups excluding tert-OH is 1. The lowest BCUT2D eigenvalue weighted by Crippen LogP contribution is -2.30. The Kier molecular flexibility index (Phi) is 5.76. The number of hydrogen-bond donors (Lipinski definition) is 3. The van der Waals surface area contributed by atoms with Crippen molar-refractivity contribution >= 4 is 12.4 Å². The fraction of sp³-hybridized carbons (Fsp3) is 0.400. The molecule has 1 aliphatic rings. The number of nitrogens with one attached hydrogen (secondary N) is 2. The summed E-state index contributed by atoms with van der Waals surface area (Å²) >= 11 is 0. The predicted molar refractivity (Wildman–Crippen MR) is 84.9 cm³/mol. The van der Waals surface area contributed by atoms with Crippen molar-refractivity contribution in [2.75, 3.05) is 19.6 Å². The molecule has 114 valence electrons. The van der Waals surface area contributed by atoms with Gasteiger partial charge in [-0.3, -0.25) is 0 Å². The van der Waals surface area contributed by atoms with Gasteiger partial charge in [-0.1, -0.05) is 18.2 Å². The fourth-order valence-electron chi connectivity index (χ4n) is 2.59. The van der Waals surface area contributed by atoms with E-state index in [1.54, 1.807) is 0 Å². The van der Waals surface area contributed by atoms with Crippen molar-refractivity contribution < 1.29 is 5.11 Å². The molecule has 3 N–H and O–H groups in total. The number of nitrogens with zero attached hydrogens (tertiary/aromatic N) is 2. The minimum atomic E-state index is -0.239. The Morgan fingerprint density at radius 2 is 2.10 bits per heavy atom. The highest BCUT2D eigenvalue weighted by molar-refractivity contribution is 5.85. The van der Waals surface area contributed by atoms with Gasteiger partial charge in [0.05, 0.1) is 12.6 Å². The summed E-state index contributed by atoms with van der Waals surface area (Å²) in [5.41, 5.74) is 1.12. The van der Waals surface area contributed by atoms with Crippen LogP contribution in [-0.4, -0.2) is 40.4 Å². The largest absolute Gasteiger partial charge is 0.391 e. The van der Waals surface area contributed by atoms with Crippen molar-refractivity contribution in [1.29, 1.82) is 0 Å². The minimum absolute atomic E-state index is 0. The number of hydrogen-bond acceptors (Lipinski definition) is 4. The smallest absolute Gasteiger partial charge is 0.127 e. The zero-order chi connectivity index (χ0) is 13.8. The molecule has 3 rings (SSSR count). The number of aliphatic hydroxyl groups is 1. The maximum atomic E-state index is 9.76. The van der Waals surface area contributed by atoms with Gasteiger partial charge in [-0.2, -0.15) is 0 Å². The molecule has 0 spiro atoms. The number of imidazole rings is 1. The van der Waals surface area contributed by atoms with Crippen LogP contribution in [0.25, 0.3) is 5.69 Å². The lowest BCUT2D eigenvalue weighted by Gasteiger charge is -2.14. The number of para-hydroxylation sites is 1. The average Bonchev–Trinajstić information content (AvgIpc) is 3.10. The van der Waals surface area contributed by atoms with E-state index in [0.29, 0.717) is 13.1 Å². The predicted octanol–water partition coefficient (Wildman–Crippen LogP) is 0.964. The molecule has 5 nitrogen and oxygen atoms in total. The van der Waals surface area contributed by atoms with Gasteiger partial charge in [0.2, 0.25) is 0 Å². The number of aromatic nitrogens is 2. The molecule has 0 radical (unpaired) electrons. The molecule has 1 aliphatic heterocycles. The topological polar surface area (TPSA) is 62.1 Å². The molecule has 1 aromatic carbocycles. The maximum absolute atomic E-state index is 9.76. The van der Waals surface area contributed by atoms with E-state index in [1.807, 2.05) is 30.6 Å². The molecule has 6 heteroatoms. The molecule has 1 aromatic heterocycles. The van der Waals surface area contributed by atoms with Crippen LogP contribution in [0, 0.1) is 5.92 Å². The van der Waals surface area contributed by atoms with Crippen LogP contribution in [0.3, 0.4) is 0 Å². The van der Waals surface area contributed by atoms with Crippen LogP contribution in [0.15, 0.2) is 42.7 Å². The summed E-state index contributed by atoms with van der Waals surface area (Å²) < 4.78 is 2.08. The third-order valence-electron chi connectivity index (χ3n) is 3.75. The second kappa shape index (κ2) is 7.56. The first-order valence-corrected chi connectivity index (χ1v) is 7.02. The van der Waals surface area contributed by atoms with E-state index >= 15 is 0 Å². The molecular formula is C15H21ClN4O. The number of benzene rings is 1. The van der Waals surface area contributed by atoms with E-state index in [9.17, 15) is 5.11 Å². The van der Waals surface area contributed by atoms with E-state index < -0.39 is 0 Å². The molecule has 2 heterocycles. The van der Waals surface area contributed by atoms with E-state index in [1.165, 1.54) is 0 Å². The van der Waals surface area contributed by atoms with E-state index in [4.69, 9.17) is 0 Å². The highest BCUT2D eigenvalue weighted by Gasteiger charge is 2.24. The zero-order valence-corrected chi connectivity index (χ0v) is 12.6. The highest BCUT2D eigenvalue weighted by Crippen LogP contribution is 2.11. The number of halogens is 1. The molecule has 2 unspecified atom stereocenters. The monoisotopic (exact) mass is 308 g/mol. The Morgan fingerprint density at radius 1 is 1.29 bits per heavy atom. The number of rotatable bonds is 5. The lowest BCUT2D eigenvalue weighted by atomic mass is 10.1. The zero-order valence-electron chi connectivity index (χ0n) is 11.8. The molecule has 0 bridgehead atoms. The van der Waals surface area contributed by atoms with E-state index in [2.05, 4.69) is 32.3 Å². The van der Waals surface area contributed by atoms with Crippen molar-refractivity contribution in [1.82, 2.24) is 20.2 Å². The Bertz CT molecular complexity index is 546. The number of β-amino-alcohol motifs (C(OH)–C–C–N with tert-alkyl or cyclic N) is 1. The Balaban J connectivity index is 0.00000161. The quantitative estimate of drug-likeness (QED) is 0.770. The summed E-state index contributed by atoms with van der Waals surface area (Å²) in [7, 11) is 0. The lowest BCUT2D eigenvalue weighted by molar-refractivity contribution is 0.146. The SMILES string of the molecule is Cl.OC1CNCC1CNCc1nccn1-c1ccccc1. The normalized spacial score (nSPS) is 21.2. The van der Waals surface area contributed by atoms with E-state index in [0.717, 1.165) is 24.6 Å². The van der Waals surface area contributed by atoms with Gasteiger partial charge in [-0.25, -0.2) is 4.98 Å². The highest BCUT2D eigenvalue weighted by atomic mass is 35.5. The molecule has 0 aliphatic carbocycles. The van der Waals surface area contributed by atoms with Crippen molar-refractivity contribution in [2.45, 2.75) is 12.6 Å². The van der Waals surface area contributed by atoms with Gasteiger partial charge >= 0.3 is 0 Å². The maximum Gasteiger partial charge on any atom is 0.127 e. The second-order valence-electron chi connectivity index (χ2n) is 5.17. The van der Waals surface area contributed by atoms with Gasteiger partial charge in [0.15, 0.2) is 0 Å². The van der Waals surface area contributed by atoms with Gasteiger partial charge in [-0.15, -0.1) is 12.4 Å². The standard InChI is InChI=1S/C15H20N4O.ClH/c20-14-10-16-8-12(14)9-17-11-15-18-6-7-19(15)13-4-2-1-3-5-13;/h1-7,12,14,16-17,20H,8-11H2;1H. The molecular weight excluding hydrogens is 288 g/mol. The average molecular weight is 309 g/mol. The van der Waals surface area contributed by atoms with Crippen LogP contribution >= 0.6 is 12.4 Å². The Morgan fingerprint density at radius 3 is 2.81 bits per heavy atom. The fourth-order valence-corrected chi connectivity index (χ4v) is 2.59. The van der Waals surface area contributed by atoms with Gasteiger partial charge in [0.25, 0.3) is 0 Å². The van der Waals surface area contributed by atoms with Crippen LogP contribution in [0.1, 0.15) is 5.82 Å². The molecule has 1 fully saturated rings. The summed E-state index contributed by atoms with van der Waals surface area (Å²) in [5, 5.41) is 16.3. The Labute approximate surface area is 130 Å². The van der Waals surface area contributed by atoms with Gasteiger partial charge < -0.3 is 20.3 Å². The van der Waals surface area contributed by atoms with Gasteiger partial charge in [0.1, 0.15) is 5.82 Å². The molecule has 0 amide bonds. The molecule has 2 atom stereocenters. The molecule has 0 saturated carbocycles. The van der Waals surface area contributed by atoms with Crippen molar-refractivity contribution in [3.05, 3.63) is 48.5 Å². The minimum Gasteiger partial charge on any atom is -0.391 e. The van der Waals surface area contributed by atoms with Crippen LogP contribution < -0.4 is 10.6 Å². The first-order valence-electron chi connectivity index (χ1n) is 7.02. The molecule has 1 saturated heterocycles. The van der Waals surface area contributed by atoms with Crippen LogP contribution in [0.5, 0.6) is 0 Å².